The zero-order valence-corrected chi connectivity index (χ0v) is 17.1. The second-order valence-corrected chi connectivity index (χ2v) is 7.05. The minimum atomic E-state index is -2.09. The van der Waals surface area contributed by atoms with Gasteiger partial charge in [0.05, 0.1) is 40.5 Å². The van der Waals surface area contributed by atoms with Gasteiger partial charge < -0.3 is 0 Å². The first-order valence-electron chi connectivity index (χ1n) is 9.38. The van der Waals surface area contributed by atoms with Crippen molar-refractivity contribution in [1.29, 1.82) is 5.26 Å². The largest absolute Gasteiger partial charge is 0.335 e. The Morgan fingerprint density at radius 3 is 2.27 bits per heavy atom. The number of nitriles is 1. The zero-order valence-electron chi connectivity index (χ0n) is 17.1. The molecule has 0 unspecified atom stereocenters. The molecular formula is C22H13F4N5O2. The Labute approximate surface area is 183 Å². The number of nitrogens with zero attached hydrogens (tertiary/aromatic N) is 5. The molecule has 4 aromatic rings. The Hall–Kier alpha value is -4.46. The van der Waals surface area contributed by atoms with Gasteiger partial charge in [0.15, 0.2) is 23.3 Å². The summed E-state index contributed by atoms with van der Waals surface area (Å²) in [7, 11) is 1.11. The van der Waals surface area contributed by atoms with Crippen LogP contribution in [0.3, 0.4) is 0 Å². The van der Waals surface area contributed by atoms with E-state index < -0.39 is 40.2 Å². The molecule has 0 spiro atoms. The van der Waals surface area contributed by atoms with Crippen molar-refractivity contribution in [2.24, 2.45) is 7.05 Å². The van der Waals surface area contributed by atoms with Crippen LogP contribution in [0.25, 0.3) is 22.6 Å². The standard InChI is InChI=1S/C22H13F4N5O2/c1-11-17(15-7-8-28-31(15)13-5-3-12(10-27)4-6-13)21(32)29(2)22(33)30(11)16-9-14(23)18(24)20(26)19(16)25/h3-9H,1-2H3. The first-order valence-corrected chi connectivity index (χ1v) is 9.38. The van der Waals surface area contributed by atoms with Crippen LogP contribution in [-0.4, -0.2) is 18.9 Å². The van der Waals surface area contributed by atoms with Crippen molar-refractivity contribution in [3.05, 3.63) is 98.0 Å². The lowest BCUT2D eigenvalue weighted by molar-refractivity contribution is 0.406. The van der Waals surface area contributed by atoms with E-state index in [1.807, 2.05) is 6.07 Å². The molecule has 0 fully saturated rings. The van der Waals surface area contributed by atoms with Gasteiger partial charge in [-0.3, -0.25) is 13.9 Å². The molecule has 0 aliphatic carbocycles. The average Bonchev–Trinajstić information content (AvgIpc) is 3.29. The summed E-state index contributed by atoms with van der Waals surface area (Å²) in [6.45, 7) is 1.28. The maximum Gasteiger partial charge on any atom is 0.335 e. The molecule has 2 aromatic carbocycles. The minimum absolute atomic E-state index is 0.108. The van der Waals surface area contributed by atoms with E-state index >= 15 is 0 Å². The van der Waals surface area contributed by atoms with Crippen molar-refractivity contribution in [2.75, 3.05) is 0 Å². The summed E-state index contributed by atoms with van der Waals surface area (Å²) < 4.78 is 58.3. The van der Waals surface area contributed by atoms with Gasteiger partial charge in [-0.25, -0.2) is 27.0 Å². The molecule has 0 bridgehead atoms. The predicted molar refractivity (Wildman–Crippen MR) is 109 cm³/mol. The fourth-order valence-electron chi connectivity index (χ4n) is 3.49. The third-order valence-electron chi connectivity index (χ3n) is 5.16. The molecule has 0 amide bonds. The van der Waals surface area contributed by atoms with Crippen LogP contribution >= 0.6 is 0 Å². The highest BCUT2D eigenvalue weighted by molar-refractivity contribution is 5.64. The predicted octanol–water partition coefficient (Wildman–Crippen LogP) is 3.13. The van der Waals surface area contributed by atoms with Gasteiger partial charge in [-0.15, -0.1) is 0 Å². The Balaban J connectivity index is 2.04. The molecule has 2 aromatic heterocycles. The Kier molecular flexibility index (Phi) is 5.21. The second-order valence-electron chi connectivity index (χ2n) is 7.05. The van der Waals surface area contributed by atoms with Gasteiger partial charge in [-0.1, -0.05) is 0 Å². The summed E-state index contributed by atoms with van der Waals surface area (Å²) in [6, 6.07) is 10.0. The van der Waals surface area contributed by atoms with Crippen LogP contribution in [0.15, 0.2) is 52.2 Å². The van der Waals surface area contributed by atoms with Crippen molar-refractivity contribution < 1.29 is 17.6 Å². The molecule has 166 valence electrons. The normalized spacial score (nSPS) is 10.9. The number of hydrogen-bond acceptors (Lipinski definition) is 4. The molecule has 0 saturated heterocycles. The van der Waals surface area contributed by atoms with Crippen molar-refractivity contribution in [3.63, 3.8) is 0 Å². The van der Waals surface area contributed by atoms with Crippen molar-refractivity contribution >= 4 is 0 Å². The molecule has 7 nitrogen and oxygen atoms in total. The summed E-state index contributed by atoms with van der Waals surface area (Å²) in [5.41, 5.74) is -1.96. The Bertz CT molecular complexity index is 1580. The topological polar surface area (TPSA) is 85.6 Å². The highest BCUT2D eigenvalue weighted by Gasteiger charge is 2.26. The van der Waals surface area contributed by atoms with Gasteiger partial charge in [-0.05, 0) is 37.3 Å². The van der Waals surface area contributed by atoms with Crippen LogP contribution < -0.4 is 11.2 Å². The number of hydrogen-bond donors (Lipinski definition) is 0. The van der Waals surface area contributed by atoms with Crippen LogP contribution in [0.1, 0.15) is 11.3 Å². The number of rotatable bonds is 3. The van der Waals surface area contributed by atoms with Gasteiger partial charge >= 0.3 is 5.69 Å². The second kappa shape index (κ2) is 7.90. The monoisotopic (exact) mass is 455 g/mol. The molecule has 11 heteroatoms. The lowest BCUT2D eigenvalue weighted by atomic mass is 10.1. The van der Waals surface area contributed by atoms with Gasteiger partial charge in [-0.2, -0.15) is 10.4 Å². The molecule has 0 aliphatic rings. The highest BCUT2D eigenvalue weighted by Crippen LogP contribution is 2.26. The van der Waals surface area contributed by atoms with Crippen molar-refractivity contribution in [2.45, 2.75) is 6.92 Å². The zero-order chi connectivity index (χ0) is 24.0. The molecule has 0 atom stereocenters. The van der Waals surface area contributed by atoms with Crippen LogP contribution in [0, 0.1) is 41.5 Å². The third kappa shape index (κ3) is 3.32. The lowest BCUT2D eigenvalue weighted by Gasteiger charge is -2.17. The van der Waals surface area contributed by atoms with Crippen LogP contribution in [0.4, 0.5) is 17.6 Å². The maximum absolute atomic E-state index is 14.5. The van der Waals surface area contributed by atoms with Gasteiger partial charge in [0.25, 0.3) is 5.56 Å². The van der Waals surface area contributed by atoms with Gasteiger partial charge in [0.2, 0.25) is 0 Å². The fraction of sp³-hybridized carbons (Fsp3) is 0.0909. The smallest absolute Gasteiger partial charge is 0.268 e. The van der Waals surface area contributed by atoms with E-state index in [0.717, 1.165) is 7.05 Å². The van der Waals surface area contributed by atoms with Crippen molar-refractivity contribution in [1.82, 2.24) is 18.9 Å². The van der Waals surface area contributed by atoms with Crippen LogP contribution in [0.2, 0.25) is 0 Å². The molecular weight excluding hydrogens is 442 g/mol. The molecule has 33 heavy (non-hydrogen) atoms. The lowest BCUT2D eigenvalue weighted by Crippen LogP contribution is -2.40. The molecule has 0 aliphatic heterocycles. The van der Waals surface area contributed by atoms with Gasteiger partial charge in [0.1, 0.15) is 0 Å². The van der Waals surface area contributed by atoms with E-state index in [9.17, 15) is 27.2 Å². The molecule has 0 saturated carbocycles. The molecule has 2 heterocycles. The van der Waals surface area contributed by atoms with E-state index in [2.05, 4.69) is 5.10 Å². The number of aromatic nitrogens is 4. The van der Waals surface area contributed by atoms with E-state index in [-0.39, 0.29) is 17.0 Å². The number of halogens is 4. The first-order chi connectivity index (χ1) is 15.7. The molecule has 4 rings (SSSR count). The first kappa shape index (κ1) is 21.8. The van der Waals surface area contributed by atoms with Crippen LogP contribution in [-0.2, 0) is 7.05 Å². The van der Waals surface area contributed by atoms with Crippen LogP contribution in [0.5, 0.6) is 0 Å². The fourth-order valence-corrected chi connectivity index (χ4v) is 3.49. The average molecular weight is 455 g/mol. The summed E-state index contributed by atoms with van der Waals surface area (Å²) in [4.78, 5) is 25.8. The quantitative estimate of drug-likeness (QED) is 0.270. The summed E-state index contributed by atoms with van der Waals surface area (Å²) in [6.07, 6.45) is 1.37. The Morgan fingerprint density at radius 2 is 1.64 bits per heavy atom. The highest BCUT2D eigenvalue weighted by atomic mass is 19.2. The molecule has 0 N–H and O–H groups in total. The summed E-state index contributed by atoms with van der Waals surface area (Å²) in [5.74, 6) is -7.60. The van der Waals surface area contributed by atoms with Gasteiger partial charge in [0, 0.05) is 18.8 Å². The maximum atomic E-state index is 14.5. The van der Waals surface area contributed by atoms with E-state index in [0.29, 0.717) is 26.5 Å². The van der Waals surface area contributed by atoms with E-state index in [1.165, 1.54) is 36.0 Å². The Morgan fingerprint density at radius 1 is 0.970 bits per heavy atom. The minimum Gasteiger partial charge on any atom is -0.268 e. The van der Waals surface area contributed by atoms with E-state index in [1.54, 1.807) is 12.1 Å². The third-order valence-corrected chi connectivity index (χ3v) is 5.16. The SMILES string of the molecule is Cc1c(-c2ccnn2-c2ccc(C#N)cc2)c(=O)n(C)c(=O)n1-c1cc(F)c(F)c(F)c1F. The van der Waals surface area contributed by atoms with Crippen molar-refractivity contribution in [3.8, 4) is 28.7 Å². The summed E-state index contributed by atoms with van der Waals surface area (Å²) >= 11 is 0. The summed E-state index contributed by atoms with van der Waals surface area (Å²) in [5, 5.41) is 13.1. The molecule has 0 radical (unpaired) electrons. The number of benzene rings is 2. The van der Waals surface area contributed by atoms with E-state index in [4.69, 9.17) is 5.26 Å².